The zero-order valence-electron chi connectivity index (χ0n) is 17.4. The second-order valence-electron chi connectivity index (χ2n) is 7.76. The molecular formula is C25H20F5NO2. The number of amides is 1. The van der Waals surface area contributed by atoms with Gasteiger partial charge in [-0.1, -0.05) is 42.5 Å². The van der Waals surface area contributed by atoms with Crippen molar-refractivity contribution in [2.24, 2.45) is 0 Å². The van der Waals surface area contributed by atoms with E-state index in [2.05, 4.69) is 0 Å². The molecule has 172 valence electrons. The van der Waals surface area contributed by atoms with Gasteiger partial charge in [0.05, 0.1) is 11.6 Å². The molecule has 1 amide bonds. The number of hydrogen-bond donors (Lipinski definition) is 0. The molecule has 8 heteroatoms. The Hall–Kier alpha value is -3.42. The molecular weight excluding hydrogens is 441 g/mol. The summed E-state index contributed by atoms with van der Waals surface area (Å²) in [5.74, 6) is -1.96. The van der Waals surface area contributed by atoms with E-state index in [0.717, 1.165) is 30.3 Å². The van der Waals surface area contributed by atoms with E-state index in [1.165, 1.54) is 29.2 Å². The van der Waals surface area contributed by atoms with Crippen LogP contribution in [0.25, 0.3) is 0 Å². The number of ether oxygens (including phenoxy) is 1. The van der Waals surface area contributed by atoms with E-state index < -0.39 is 41.4 Å². The fraction of sp³-hybridized carbons (Fsp3) is 0.240. The van der Waals surface area contributed by atoms with Crippen molar-refractivity contribution in [3.05, 3.63) is 101 Å². The molecule has 4 rings (SSSR count). The number of likely N-dealkylation sites (tertiary alicyclic amines) is 1. The number of halogens is 5. The molecule has 0 bridgehead atoms. The van der Waals surface area contributed by atoms with Gasteiger partial charge < -0.3 is 9.64 Å². The highest BCUT2D eigenvalue weighted by Gasteiger charge is 2.38. The monoisotopic (exact) mass is 461 g/mol. The van der Waals surface area contributed by atoms with E-state index in [1.54, 1.807) is 18.2 Å². The summed E-state index contributed by atoms with van der Waals surface area (Å²) in [6, 6.07) is 15.0. The maximum absolute atomic E-state index is 14.4. The third-order valence-corrected chi connectivity index (χ3v) is 5.65. The van der Waals surface area contributed by atoms with Crippen LogP contribution in [0, 0.1) is 11.6 Å². The number of alkyl halides is 3. The highest BCUT2D eigenvalue weighted by molar-refractivity contribution is 5.83. The summed E-state index contributed by atoms with van der Waals surface area (Å²) >= 11 is 0. The molecule has 3 aromatic carbocycles. The normalized spacial score (nSPS) is 17.1. The van der Waals surface area contributed by atoms with E-state index in [1.807, 2.05) is 0 Å². The smallest absolute Gasteiger partial charge is 0.416 e. The summed E-state index contributed by atoms with van der Waals surface area (Å²) in [5, 5.41) is 0. The Morgan fingerprint density at radius 3 is 2.18 bits per heavy atom. The number of carbonyl (C=O) groups excluding carboxylic acids is 1. The first-order valence-electron chi connectivity index (χ1n) is 10.4. The molecule has 3 aromatic rings. The minimum absolute atomic E-state index is 0.135. The summed E-state index contributed by atoms with van der Waals surface area (Å²) in [5.41, 5.74) is -0.399. The van der Waals surface area contributed by atoms with Crippen molar-refractivity contribution in [3.63, 3.8) is 0 Å². The predicted octanol–water partition coefficient (Wildman–Crippen LogP) is 6.47. The summed E-state index contributed by atoms with van der Waals surface area (Å²) < 4.78 is 73.4. The lowest BCUT2D eigenvalue weighted by Gasteiger charge is -2.30. The van der Waals surface area contributed by atoms with Crippen LogP contribution in [0.4, 0.5) is 22.0 Å². The van der Waals surface area contributed by atoms with Gasteiger partial charge in [0, 0.05) is 17.7 Å². The summed E-state index contributed by atoms with van der Waals surface area (Å²) in [4.78, 5) is 15.0. The van der Waals surface area contributed by atoms with Crippen LogP contribution in [-0.2, 0) is 11.0 Å². The lowest BCUT2D eigenvalue weighted by atomic mass is 10.0. The Labute approximate surface area is 187 Å². The number of para-hydroxylation sites is 1. The Bertz CT molecular complexity index is 1130. The quantitative estimate of drug-likeness (QED) is 0.408. The predicted molar refractivity (Wildman–Crippen MR) is 111 cm³/mol. The molecule has 0 radical (unpaired) electrons. The van der Waals surface area contributed by atoms with E-state index in [0.29, 0.717) is 24.9 Å². The lowest BCUT2D eigenvalue weighted by Crippen LogP contribution is -2.37. The summed E-state index contributed by atoms with van der Waals surface area (Å²) in [6.07, 6.45) is -4.82. The molecule has 3 nitrogen and oxygen atoms in total. The van der Waals surface area contributed by atoms with Crippen molar-refractivity contribution in [1.82, 2.24) is 4.90 Å². The maximum atomic E-state index is 14.4. The van der Waals surface area contributed by atoms with E-state index in [-0.39, 0.29) is 11.3 Å². The molecule has 2 atom stereocenters. The van der Waals surface area contributed by atoms with Gasteiger partial charge in [0.1, 0.15) is 5.82 Å². The molecule has 0 N–H and O–H groups in total. The standard InChI is InChI=1S/C25H20F5NO2/c26-19-7-2-1-6-18(19)21-9-5-15-31(21)24(32)23(33-22-10-4-3-8-20(22)27)16-11-13-17(14-12-16)25(28,29)30/h1-4,6-8,10-14,21,23H,5,9,15H2. The third-order valence-electron chi connectivity index (χ3n) is 5.65. The van der Waals surface area contributed by atoms with Gasteiger partial charge in [0.25, 0.3) is 5.91 Å². The van der Waals surface area contributed by atoms with Gasteiger partial charge in [0.2, 0.25) is 6.10 Å². The molecule has 1 fully saturated rings. The molecule has 0 saturated carbocycles. The number of rotatable bonds is 5. The fourth-order valence-corrected chi connectivity index (χ4v) is 4.02. The van der Waals surface area contributed by atoms with Crippen molar-refractivity contribution < 1.29 is 31.5 Å². The van der Waals surface area contributed by atoms with Crippen molar-refractivity contribution in [2.45, 2.75) is 31.2 Å². The van der Waals surface area contributed by atoms with E-state index in [4.69, 9.17) is 4.74 Å². The lowest BCUT2D eigenvalue weighted by molar-refractivity contribution is -0.140. The Morgan fingerprint density at radius 1 is 0.909 bits per heavy atom. The summed E-state index contributed by atoms with van der Waals surface area (Å²) in [6.45, 7) is 0.315. The van der Waals surface area contributed by atoms with Gasteiger partial charge >= 0.3 is 6.18 Å². The summed E-state index contributed by atoms with van der Waals surface area (Å²) in [7, 11) is 0. The number of benzene rings is 3. The first-order valence-corrected chi connectivity index (χ1v) is 10.4. The SMILES string of the molecule is O=C(C(Oc1ccccc1F)c1ccc(C(F)(F)F)cc1)N1CCCC1c1ccccc1F. The van der Waals surface area contributed by atoms with Crippen molar-refractivity contribution >= 4 is 5.91 Å². The van der Waals surface area contributed by atoms with Gasteiger partial charge in [-0.3, -0.25) is 4.79 Å². The number of carbonyl (C=O) groups is 1. The number of nitrogens with zero attached hydrogens (tertiary/aromatic N) is 1. The van der Waals surface area contributed by atoms with E-state index >= 15 is 0 Å². The topological polar surface area (TPSA) is 29.5 Å². The van der Waals surface area contributed by atoms with Gasteiger partial charge in [-0.2, -0.15) is 13.2 Å². The average Bonchev–Trinajstić information content (AvgIpc) is 3.28. The Kier molecular flexibility index (Phi) is 6.35. The van der Waals surface area contributed by atoms with Crippen LogP contribution >= 0.6 is 0 Å². The van der Waals surface area contributed by atoms with Gasteiger partial charge in [-0.05, 0) is 43.2 Å². The largest absolute Gasteiger partial charge is 0.473 e. The first-order chi connectivity index (χ1) is 15.8. The van der Waals surface area contributed by atoms with Gasteiger partial charge in [-0.25, -0.2) is 8.78 Å². The molecule has 1 aliphatic heterocycles. The van der Waals surface area contributed by atoms with Crippen molar-refractivity contribution in [1.29, 1.82) is 0 Å². The van der Waals surface area contributed by atoms with Crippen molar-refractivity contribution in [3.8, 4) is 5.75 Å². The van der Waals surface area contributed by atoms with Crippen LogP contribution in [0.5, 0.6) is 5.75 Å². The Balaban J connectivity index is 1.70. The zero-order valence-corrected chi connectivity index (χ0v) is 17.4. The first kappa shape index (κ1) is 22.8. The van der Waals surface area contributed by atoms with Crippen LogP contribution in [0.3, 0.4) is 0 Å². The zero-order chi connectivity index (χ0) is 23.6. The van der Waals surface area contributed by atoms with Gasteiger partial charge in [-0.15, -0.1) is 0 Å². The highest BCUT2D eigenvalue weighted by Crippen LogP contribution is 2.37. The maximum Gasteiger partial charge on any atom is 0.416 e. The molecule has 1 heterocycles. The third kappa shape index (κ3) is 4.84. The molecule has 1 saturated heterocycles. The van der Waals surface area contributed by atoms with Gasteiger partial charge in [0.15, 0.2) is 11.6 Å². The van der Waals surface area contributed by atoms with Crippen LogP contribution in [-0.4, -0.2) is 17.4 Å². The van der Waals surface area contributed by atoms with Crippen LogP contribution in [0.1, 0.15) is 41.7 Å². The fourth-order valence-electron chi connectivity index (χ4n) is 4.02. The second kappa shape index (κ2) is 9.21. The molecule has 0 spiro atoms. The van der Waals surface area contributed by atoms with Crippen LogP contribution in [0.2, 0.25) is 0 Å². The molecule has 1 aliphatic rings. The molecule has 33 heavy (non-hydrogen) atoms. The minimum atomic E-state index is -4.55. The molecule has 2 unspecified atom stereocenters. The van der Waals surface area contributed by atoms with E-state index in [9.17, 15) is 26.7 Å². The highest BCUT2D eigenvalue weighted by atomic mass is 19.4. The van der Waals surface area contributed by atoms with Crippen LogP contribution < -0.4 is 4.74 Å². The average molecular weight is 461 g/mol. The minimum Gasteiger partial charge on any atom is -0.473 e. The molecule has 0 aromatic heterocycles. The number of hydrogen-bond acceptors (Lipinski definition) is 2. The second-order valence-corrected chi connectivity index (χ2v) is 7.76. The van der Waals surface area contributed by atoms with Crippen LogP contribution in [0.15, 0.2) is 72.8 Å². The Morgan fingerprint density at radius 2 is 1.55 bits per heavy atom. The molecule has 0 aliphatic carbocycles. The van der Waals surface area contributed by atoms with Crippen molar-refractivity contribution in [2.75, 3.05) is 6.54 Å².